The zero-order chi connectivity index (χ0) is 32.6. The molecule has 0 N–H and O–H groups in total. The number of hydrogen-bond donors (Lipinski definition) is 0. The van der Waals surface area contributed by atoms with Gasteiger partial charge in [0.05, 0.1) is 21.9 Å². The lowest BCUT2D eigenvalue weighted by atomic mass is 10.1. The van der Waals surface area contributed by atoms with Crippen LogP contribution in [0.3, 0.4) is 0 Å². The van der Waals surface area contributed by atoms with Gasteiger partial charge in [-0.25, -0.2) is 16.8 Å². The largest absolute Gasteiger partial charge is 0.243 e. The van der Waals surface area contributed by atoms with E-state index in [2.05, 4.69) is 38.5 Å². The molecule has 0 radical (unpaired) electrons. The van der Waals surface area contributed by atoms with Crippen LogP contribution in [0.1, 0.15) is 76.3 Å². The maximum atomic E-state index is 13.9. The Morgan fingerprint density at radius 2 is 0.977 bits per heavy atom. The third-order valence-corrected chi connectivity index (χ3v) is 11.4. The predicted octanol–water partition coefficient (Wildman–Crippen LogP) is 8.12. The summed E-state index contributed by atoms with van der Waals surface area (Å²) in [4.78, 5) is 0.426. The highest BCUT2D eigenvalue weighted by atomic mass is 32.2. The van der Waals surface area contributed by atoms with E-state index >= 15 is 0 Å². The molecule has 0 saturated heterocycles. The molecule has 0 aliphatic heterocycles. The number of benzene rings is 2. The van der Waals surface area contributed by atoms with E-state index in [4.69, 9.17) is 0 Å². The molecule has 6 nitrogen and oxygen atoms in total. The highest BCUT2D eigenvalue weighted by Gasteiger charge is 2.31. The van der Waals surface area contributed by atoms with Crippen molar-refractivity contribution in [2.45, 2.75) is 101 Å². The molecule has 240 valence electrons. The summed E-state index contributed by atoms with van der Waals surface area (Å²) in [6.45, 7) is 15.6. The molecule has 44 heavy (non-hydrogen) atoms. The fourth-order valence-electron chi connectivity index (χ4n) is 4.97. The second kappa shape index (κ2) is 18.8. The van der Waals surface area contributed by atoms with Crippen molar-refractivity contribution in [1.82, 2.24) is 8.61 Å². The van der Waals surface area contributed by atoms with E-state index in [0.29, 0.717) is 12.8 Å². The van der Waals surface area contributed by atoms with E-state index < -0.39 is 32.1 Å². The maximum absolute atomic E-state index is 13.9. The Bertz CT molecular complexity index is 1380. The van der Waals surface area contributed by atoms with Crippen molar-refractivity contribution >= 4 is 20.0 Å². The van der Waals surface area contributed by atoms with Crippen molar-refractivity contribution in [2.75, 3.05) is 13.1 Å². The first-order valence-electron chi connectivity index (χ1n) is 15.6. The highest BCUT2D eigenvalue weighted by molar-refractivity contribution is 7.89. The van der Waals surface area contributed by atoms with E-state index in [1.54, 1.807) is 72.8 Å². The van der Waals surface area contributed by atoms with Gasteiger partial charge in [0.25, 0.3) is 0 Å². The van der Waals surface area contributed by atoms with Crippen LogP contribution in [0.4, 0.5) is 0 Å². The average Bonchev–Trinajstić information content (AvgIpc) is 2.99. The molecular formula is C36H50N2O4S2. The summed E-state index contributed by atoms with van der Waals surface area (Å²) in [6.07, 6.45) is 13.9. The summed E-state index contributed by atoms with van der Waals surface area (Å²) in [5.74, 6) is 0. The van der Waals surface area contributed by atoms with E-state index in [1.807, 2.05) is 13.8 Å². The molecule has 0 spiro atoms. The summed E-state index contributed by atoms with van der Waals surface area (Å²) in [6, 6.07) is 12.8. The Labute approximate surface area is 267 Å². The van der Waals surface area contributed by atoms with Crippen LogP contribution in [0.5, 0.6) is 0 Å². The van der Waals surface area contributed by atoms with Crippen LogP contribution in [0.25, 0.3) is 0 Å². The highest BCUT2D eigenvalue weighted by Crippen LogP contribution is 2.25. The first-order valence-corrected chi connectivity index (χ1v) is 18.4. The maximum Gasteiger partial charge on any atom is 0.243 e. The molecule has 8 heteroatoms. The number of nitrogens with zero attached hydrogens (tertiary/aromatic N) is 2. The smallest absolute Gasteiger partial charge is 0.207 e. The zero-order valence-electron chi connectivity index (χ0n) is 26.9. The van der Waals surface area contributed by atoms with Crippen LogP contribution < -0.4 is 0 Å². The fraction of sp³-hybridized carbons (Fsp3) is 0.444. The standard InChI is InChI=1S/C36H50N2O4S2/c1-7-11-13-19-33(17-9-3)37(43(39,40)35-25-21-31(5)22-26-35)29-15-16-30-38(34(18-10-4)20-14-12-8-2)44(41,42)36-27-23-32(6)24-28-36/h15-18,21-28,33-34H,3-4,7-8,11-14,19-20,29-30H2,1-2,5-6H3/b16-15+/t33-,34-/m0/s1. The third kappa shape index (κ3) is 10.9. The summed E-state index contributed by atoms with van der Waals surface area (Å²) >= 11 is 0. The predicted molar refractivity (Wildman–Crippen MR) is 183 cm³/mol. The molecule has 2 rings (SSSR count). The molecule has 0 unspecified atom stereocenters. The van der Waals surface area contributed by atoms with Gasteiger partial charge in [-0.05, 0) is 63.1 Å². The van der Waals surface area contributed by atoms with Gasteiger partial charge in [-0.3, -0.25) is 0 Å². The summed E-state index contributed by atoms with van der Waals surface area (Å²) in [5.41, 5.74) is 7.54. The number of sulfonamides is 2. The molecule has 0 saturated carbocycles. The van der Waals surface area contributed by atoms with Gasteiger partial charge in [-0.1, -0.05) is 113 Å². The van der Waals surface area contributed by atoms with Crippen LogP contribution in [0.15, 0.2) is 107 Å². The van der Waals surface area contributed by atoms with Crippen molar-refractivity contribution in [2.24, 2.45) is 0 Å². The molecule has 0 bridgehead atoms. The first kappa shape index (κ1) is 37.2. The second-order valence-corrected chi connectivity index (χ2v) is 14.9. The minimum atomic E-state index is -3.87. The number of unbranched alkanes of at least 4 members (excludes halogenated alkanes) is 4. The normalized spacial score (nSPS) is 13.5. The summed E-state index contributed by atoms with van der Waals surface area (Å²) in [7, 11) is -7.73. The van der Waals surface area contributed by atoms with Gasteiger partial charge in [-0.15, -0.1) is 11.5 Å². The van der Waals surface area contributed by atoms with E-state index in [-0.39, 0.29) is 22.9 Å². The molecule has 0 amide bonds. The summed E-state index contributed by atoms with van der Waals surface area (Å²) in [5, 5.41) is 0. The number of rotatable bonds is 20. The minimum Gasteiger partial charge on any atom is -0.207 e. The van der Waals surface area contributed by atoms with Crippen LogP contribution in [0.2, 0.25) is 0 Å². The van der Waals surface area contributed by atoms with Gasteiger partial charge < -0.3 is 0 Å². The Morgan fingerprint density at radius 1 is 0.636 bits per heavy atom. The van der Waals surface area contributed by atoms with Gasteiger partial charge in [0.15, 0.2) is 0 Å². The van der Waals surface area contributed by atoms with Crippen molar-refractivity contribution in [3.05, 3.63) is 109 Å². The minimum absolute atomic E-state index is 0.0708. The van der Waals surface area contributed by atoms with Gasteiger partial charge in [0.2, 0.25) is 20.0 Å². The second-order valence-electron chi connectivity index (χ2n) is 11.1. The molecule has 0 heterocycles. The Balaban J connectivity index is 2.48. The van der Waals surface area contributed by atoms with Crippen molar-refractivity contribution < 1.29 is 16.8 Å². The Morgan fingerprint density at radius 3 is 1.27 bits per heavy atom. The van der Waals surface area contributed by atoms with Crippen molar-refractivity contribution in [1.29, 1.82) is 0 Å². The zero-order valence-corrected chi connectivity index (χ0v) is 28.5. The van der Waals surface area contributed by atoms with E-state index in [9.17, 15) is 16.8 Å². The van der Waals surface area contributed by atoms with Crippen molar-refractivity contribution in [3.8, 4) is 0 Å². The molecule has 2 atom stereocenters. The number of hydrogen-bond acceptors (Lipinski definition) is 4. The lowest BCUT2D eigenvalue weighted by Crippen LogP contribution is -2.40. The summed E-state index contributed by atoms with van der Waals surface area (Å²) < 4.78 is 58.6. The average molecular weight is 639 g/mol. The van der Waals surface area contributed by atoms with Crippen LogP contribution in [-0.4, -0.2) is 50.6 Å². The molecule has 0 aliphatic rings. The van der Waals surface area contributed by atoms with E-state index in [0.717, 1.165) is 49.7 Å². The molecule has 0 fully saturated rings. The molecule has 0 aromatic heterocycles. The van der Waals surface area contributed by atoms with Gasteiger partial charge in [0.1, 0.15) is 0 Å². The van der Waals surface area contributed by atoms with E-state index in [1.165, 1.54) is 8.61 Å². The van der Waals surface area contributed by atoms with Crippen molar-refractivity contribution in [3.63, 3.8) is 0 Å². The van der Waals surface area contributed by atoms with Crippen LogP contribution >= 0.6 is 0 Å². The Kier molecular flexibility index (Phi) is 15.9. The van der Waals surface area contributed by atoms with Crippen LogP contribution in [-0.2, 0) is 20.0 Å². The third-order valence-electron chi connectivity index (χ3n) is 7.56. The topological polar surface area (TPSA) is 74.8 Å². The molecule has 2 aromatic rings. The quantitative estimate of drug-likeness (QED) is 0.0834. The SMILES string of the molecule is C=C=C[C@@H](CCCCC)N(C/C=C/CN([C@@H](C=C=C)CCCCC)S(=O)(=O)c1ccc(C)cc1)S(=O)(=O)c1ccc(C)cc1. The molecular weight excluding hydrogens is 589 g/mol. The lowest BCUT2D eigenvalue weighted by molar-refractivity contribution is 0.358. The first-order chi connectivity index (χ1) is 21.0. The monoisotopic (exact) mass is 638 g/mol. The molecule has 0 aliphatic carbocycles. The Hall–Kier alpha value is -2.96. The lowest BCUT2D eigenvalue weighted by Gasteiger charge is -2.29. The van der Waals surface area contributed by atoms with Crippen LogP contribution in [0, 0.1) is 13.8 Å². The molecule has 2 aromatic carbocycles. The van der Waals surface area contributed by atoms with Gasteiger partial charge in [-0.2, -0.15) is 8.61 Å². The fourth-order valence-corrected chi connectivity index (χ4v) is 8.08. The van der Waals surface area contributed by atoms with Gasteiger partial charge in [0, 0.05) is 13.1 Å². The van der Waals surface area contributed by atoms with Gasteiger partial charge >= 0.3 is 0 Å². The number of aryl methyl sites for hydroxylation is 2.